The highest BCUT2D eigenvalue weighted by atomic mass is 19.1. The van der Waals surface area contributed by atoms with E-state index in [4.69, 9.17) is 4.74 Å². The van der Waals surface area contributed by atoms with Crippen molar-refractivity contribution in [3.8, 4) is 0 Å². The topological polar surface area (TPSA) is 32.7 Å². The molecular formula is C30H42FNO2. The second kappa shape index (κ2) is 12.8. The van der Waals surface area contributed by atoms with Crippen molar-refractivity contribution in [1.82, 2.24) is 4.90 Å². The summed E-state index contributed by atoms with van der Waals surface area (Å²) in [6.45, 7) is 19.5. The molecule has 0 saturated carbocycles. The number of rotatable bonds is 11. The van der Waals surface area contributed by atoms with Crippen molar-refractivity contribution < 1.29 is 14.2 Å². The number of likely N-dealkylation sites (N-methyl/N-ethyl adjacent to an activating group) is 1. The number of aliphatic hydroxyl groups is 1. The van der Waals surface area contributed by atoms with Gasteiger partial charge >= 0.3 is 0 Å². The Kier molecular flexibility index (Phi) is 10.4. The van der Waals surface area contributed by atoms with E-state index >= 15 is 4.39 Å². The highest BCUT2D eigenvalue weighted by Crippen LogP contribution is 2.42. The van der Waals surface area contributed by atoms with Gasteiger partial charge in [0.15, 0.2) is 6.17 Å². The largest absolute Gasteiger partial charge is 0.508 e. The minimum absolute atomic E-state index is 0.00608. The van der Waals surface area contributed by atoms with E-state index in [1.165, 1.54) is 0 Å². The molecule has 1 N–H and O–H groups in total. The molecule has 0 radical (unpaired) electrons. The van der Waals surface area contributed by atoms with Crippen molar-refractivity contribution in [2.24, 2.45) is 17.8 Å². The quantitative estimate of drug-likeness (QED) is 0.254. The molecule has 0 bridgehead atoms. The molecular weight excluding hydrogens is 425 g/mol. The van der Waals surface area contributed by atoms with Crippen LogP contribution < -0.4 is 0 Å². The highest BCUT2D eigenvalue weighted by molar-refractivity contribution is 5.50. The maximum Gasteiger partial charge on any atom is 0.152 e. The normalized spacial score (nSPS) is 26.4. The van der Waals surface area contributed by atoms with Gasteiger partial charge in [0.05, 0.1) is 0 Å². The molecule has 2 rings (SSSR count). The van der Waals surface area contributed by atoms with Gasteiger partial charge in [0.2, 0.25) is 0 Å². The van der Waals surface area contributed by atoms with Gasteiger partial charge < -0.3 is 14.7 Å². The van der Waals surface area contributed by atoms with Gasteiger partial charge in [-0.15, -0.1) is 0 Å². The summed E-state index contributed by atoms with van der Waals surface area (Å²) in [4.78, 5) is 2.11. The number of halogens is 1. The second-order valence-electron chi connectivity index (χ2n) is 9.40. The zero-order valence-corrected chi connectivity index (χ0v) is 21.7. The van der Waals surface area contributed by atoms with Crippen molar-refractivity contribution in [3.05, 3.63) is 95.5 Å². The summed E-state index contributed by atoms with van der Waals surface area (Å²) >= 11 is 0. The molecule has 0 fully saturated rings. The molecule has 186 valence electrons. The molecule has 5 atom stereocenters. The Hall–Kier alpha value is -2.59. The van der Waals surface area contributed by atoms with Gasteiger partial charge in [0, 0.05) is 37.4 Å². The van der Waals surface area contributed by atoms with Crippen molar-refractivity contribution in [2.75, 3.05) is 20.2 Å². The van der Waals surface area contributed by atoms with Crippen LogP contribution in [0.5, 0.6) is 0 Å². The standard InChI is InChI=1S/C30H42FNO2/c1-9-12-14-20(4)19-32(8)23(7)28-21(5)16-27(29(31)30(28)34-11-3)26-18-25(33)17-24(22(26)6)15-13-10-2/h9-10,12-13,15-18,20,22,26,29-30,33H,2,7,11,14,19H2,1,3-6,8H3/b12-9-,15-13-. The summed E-state index contributed by atoms with van der Waals surface area (Å²) in [7, 11) is 2.01. The summed E-state index contributed by atoms with van der Waals surface area (Å²) in [5, 5.41) is 10.4. The van der Waals surface area contributed by atoms with E-state index in [-0.39, 0.29) is 17.6 Å². The summed E-state index contributed by atoms with van der Waals surface area (Å²) < 4.78 is 22.2. The highest BCUT2D eigenvalue weighted by Gasteiger charge is 2.40. The van der Waals surface area contributed by atoms with Crippen molar-refractivity contribution >= 4 is 0 Å². The lowest BCUT2D eigenvalue weighted by Crippen LogP contribution is -2.39. The minimum atomic E-state index is -1.33. The zero-order valence-electron chi connectivity index (χ0n) is 21.7. The Bertz CT molecular complexity index is 933. The van der Waals surface area contributed by atoms with Crippen LogP contribution >= 0.6 is 0 Å². The van der Waals surface area contributed by atoms with Gasteiger partial charge in [0.1, 0.15) is 11.9 Å². The van der Waals surface area contributed by atoms with Crippen molar-refractivity contribution in [1.29, 1.82) is 0 Å². The van der Waals surface area contributed by atoms with E-state index in [1.807, 2.05) is 46.0 Å². The molecule has 3 nitrogen and oxygen atoms in total. The third kappa shape index (κ3) is 6.50. The van der Waals surface area contributed by atoms with Crippen LogP contribution in [0.25, 0.3) is 0 Å². The van der Waals surface area contributed by atoms with Crippen LogP contribution in [-0.2, 0) is 4.74 Å². The lowest BCUT2D eigenvalue weighted by Gasteiger charge is -2.38. The number of allylic oxidation sites excluding steroid dienone is 10. The minimum Gasteiger partial charge on any atom is -0.508 e. The van der Waals surface area contributed by atoms with Gasteiger partial charge in [-0.1, -0.05) is 63.5 Å². The number of ether oxygens (including phenoxy) is 1. The van der Waals surface area contributed by atoms with Crippen LogP contribution in [-0.4, -0.2) is 42.5 Å². The lowest BCUT2D eigenvalue weighted by atomic mass is 9.73. The van der Waals surface area contributed by atoms with Crippen LogP contribution in [0.3, 0.4) is 0 Å². The van der Waals surface area contributed by atoms with Crippen molar-refractivity contribution in [2.45, 2.75) is 53.3 Å². The average molecular weight is 468 g/mol. The Morgan fingerprint density at radius 2 is 2.06 bits per heavy atom. The van der Waals surface area contributed by atoms with Gasteiger partial charge in [0.25, 0.3) is 0 Å². The number of hydrogen-bond donors (Lipinski definition) is 1. The summed E-state index contributed by atoms with van der Waals surface area (Å²) in [5.74, 6) is 0.340. The first-order chi connectivity index (χ1) is 16.2. The number of nitrogens with zero attached hydrogens (tertiary/aromatic N) is 1. The summed E-state index contributed by atoms with van der Waals surface area (Å²) in [6, 6.07) is 0. The Morgan fingerprint density at radius 1 is 1.35 bits per heavy atom. The van der Waals surface area contributed by atoms with E-state index < -0.39 is 12.3 Å². The maximum atomic E-state index is 16.2. The number of alkyl halides is 1. The van der Waals surface area contributed by atoms with Gasteiger partial charge in [-0.05, 0) is 67.9 Å². The van der Waals surface area contributed by atoms with E-state index in [0.717, 1.165) is 35.4 Å². The monoisotopic (exact) mass is 467 g/mol. The fraction of sp³-hybridized carbons (Fsp3) is 0.467. The third-order valence-corrected chi connectivity index (χ3v) is 6.69. The average Bonchev–Trinajstić information content (AvgIpc) is 2.80. The van der Waals surface area contributed by atoms with E-state index in [0.29, 0.717) is 18.1 Å². The van der Waals surface area contributed by atoms with E-state index in [1.54, 1.807) is 18.2 Å². The molecule has 0 spiro atoms. The number of hydrogen-bond acceptors (Lipinski definition) is 3. The fourth-order valence-corrected chi connectivity index (χ4v) is 4.85. The first-order valence-electron chi connectivity index (χ1n) is 12.3. The molecule has 0 aliphatic heterocycles. The summed E-state index contributed by atoms with van der Waals surface area (Å²) in [5.41, 5.74) is 4.15. The lowest BCUT2D eigenvalue weighted by molar-refractivity contribution is 0.0350. The molecule has 2 aliphatic rings. The molecule has 0 heterocycles. The van der Waals surface area contributed by atoms with Crippen LogP contribution in [0.2, 0.25) is 0 Å². The predicted octanol–water partition coefficient (Wildman–Crippen LogP) is 7.41. The first-order valence-corrected chi connectivity index (χ1v) is 12.3. The maximum absolute atomic E-state index is 16.2. The second-order valence-corrected chi connectivity index (χ2v) is 9.40. The fourth-order valence-electron chi connectivity index (χ4n) is 4.85. The van der Waals surface area contributed by atoms with Gasteiger partial charge in [-0.25, -0.2) is 4.39 Å². The summed E-state index contributed by atoms with van der Waals surface area (Å²) in [6.07, 6.45) is 14.0. The van der Waals surface area contributed by atoms with Crippen molar-refractivity contribution in [3.63, 3.8) is 0 Å². The Balaban J connectivity index is 2.42. The smallest absolute Gasteiger partial charge is 0.152 e. The Morgan fingerprint density at radius 3 is 2.68 bits per heavy atom. The van der Waals surface area contributed by atoms with Gasteiger partial charge in [-0.2, -0.15) is 0 Å². The molecule has 0 amide bonds. The SMILES string of the molecule is C=C/C=C\C1=CC(O)=CC(C2=CC(C)=C(C(=C)N(C)CC(C)C/C=C\C)C(OCC)C2F)C1C. The van der Waals surface area contributed by atoms with E-state index in [2.05, 4.69) is 44.1 Å². The van der Waals surface area contributed by atoms with E-state index in [9.17, 15) is 5.11 Å². The molecule has 0 saturated heterocycles. The predicted molar refractivity (Wildman–Crippen MR) is 142 cm³/mol. The van der Waals surface area contributed by atoms with Gasteiger partial charge in [-0.3, -0.25) is 0 Å². The van der Waals surface area contributed by atoms with Crippen LogP contribution in [0.15, 0.2) is 95.5 Å². The third-order valence-electron chi connectivity index (χ3n) is 6.69. The van der Waals surface area contributed by atoms with Crippen LogP contribution in [0, 0.1) is 17.8 Å². The molecule has 4 heteroatoms. The molecule has 2 aliphatic carbocycles. The molecule has 34 heavy (non-hydrogen) atoms. The molecule has 0 aromatic carbocycles. The molecule has 0 aromatic heterocycles. The zero-order chi connectivity index (χ0) is 25.4. The Labute approximate surface area is 206 Å². The molecule has 0 aromatic rings. The number of aliphatic hydroxyl groups excluding tert-OH is 1. The first kappa shape index (κ1) is 27.7. The van der Waals surface area contributed by atoms with Crippen LogP contribution in [0.1, 0.15) is 41.0 Å². The van der Waals surface area contributed by atoms with Crippen LogP contribution in [0.4, 0.5) is 4.39 Å². The molecule has 5 unspecified atom stereocenters.